The zero-order valence-corrected chi connectivity index (χ0v) is 28.2. The molecule has 13 heteroatoms. The van der Waals surface area contributed by atoms with Crippen LogP contribution in [0.25, 0.3) is 17.0 Å². The minimum absolute atomic E-state index is 0.0749. The van der Waals surface area contributed by atoms with Crippen molar-refractivity contribution in [3.63, 3.8) is 0 Å². The summed E-state index contributed by atoms with van der Waals surface area (Å²) in [5, 5.41) is 3.51. The van der Waals surface area contributed by atoms with E-state index >= 15 is 0 Å². The van der Waals surface area contributed by atoms with Crippen LogP contribution >= 0.6 is 0 Å². The number of ether oxygens (including phenoxy) is 2. The van der Waals surface area contributed by atoms with Gasteiger partial charge in [-0.15, -0.1) is 0 Å². The van der Waals surface area contributed by atoms with Gasteiger partial charge in [0.15, 0.2) is 5.82 Å². The van der Waals surface area contributed by atoms with Crippen molar-refractivity contribution < 1.29 is 23.0 Å². The Balaban J connectivity index is 1.27. The van der Waals surface area contributed by atoms with Crippen LogP contribution in [0.3, 0.4) is 0 Å². The first kappa shape index (κ1) is 33.5. The number of fused-ring (bicyclic) bond motifs is 1. The number of carbonyl (C=O) groups excluding carboxylic acids is 1. The summed E-state index contributed by atoms with van der Waals surface area (Å²) in [6.45, 7) is 13.2. The molecule has 11 nitrogen and oxygen atoms in total. The van der Waals surface area contributed by atoms with Gasteiger partial charge in [-0.25, -0.2) is 18.6 Å². The second kappa shape index (κ2) is 13.6. The number of carbonyl (C=O) groups is 1. The number of halogens is 2. The number of amides is 1. The lowest BCUT2D eigenvalue weighted by molar-refractivity contribution is 0.0204. The second-order valence-electron chi connectivity index (χ2n) is 14.1. The molecular formula is C35H44F2N8O3. The van der Waals surface area contributed by atoms with Crippen LogP contribution in [0.5, 0.6) is 0 Å². The first-order valence-corrected chi connectivity index (χ1v) is 16.6. The molecule has 1 N–H and O–H groups in total. The number of imidazole rings is 1. The number of aromatic nitrogens is 5. The number of likely N-dealkylation sites (tertiary alicyclic amines) is 1. The molecule has 2 fully saturated rings. The summed E-state index contributed by atoms with van der Waals surface area (Å²) in [5.41, 5.74) is 2.31. The van der Waals surface area contributed by atoms with E-state index in [0.717, 1.165) is 12.8 Å². The summed E-state index contributed by atoms with van der Waals surface area (Å²) in [7, 11) is 0. The Kier molecular flexibility index (Phi) is 9.50. The van der Waals surface area contributed by atoms with Gasteiger partial charge in [-0.2, -0.15) is 15.0 Å². The van der Waals surface area contributed by atoms with E-state index in [9.17, 15) is 13.6 Å². The van der Waals surface area contributed by atoms with Gasteiger partial charge < -0.3 is 24.6 Å². The van der Waals surface area contributed by atoms with Gasteiger partial charge >= 0.3 is 6.09 Å². The molecule has 0 bridgehead atoms. The third-order valence-corrected chi connectivity index (χ3v) is 8.61. The van der Waals surface area contributed by atoms with Crippen LogP contribution in [0.4, 0.5) is 25.5 Å². The highest BCUT2D eigenvalue weighted by Crippen LogP contribution is 2.34. The van der Waals surface area contributed by atoms with Crippen LogP contribution in [-0.2, 0) is 15.9 Å². The summed E-state index contributed by atoms with van der Waals surface area (Å²) in [6.07, 6.45) is -0.761. The molecule has 1 amide bonds. The van der Waals surface area contributed by atoms with Crippen LogP contribution in [0, 0.1) is 0 Å². The van der Waals surface area contributed by atoms with Crippen molar-refractivity contribution in [2.75, 3.05) is 49.6 Å². The standard InChI is InChI=1S/C35H44F2N8O3/c1-34(2,3)48-33(46)44-16-14-23(15-17-44)25-11-7-6-10-24(25)22-35(4,5)42-30-39-31(43-18-20-47-21-19-43)41-32(40-30)45-27-13-9-8-12-26(27)38-29(45)28(36)37/h6-13,23,28H,14-22H2,1-5H3,(H,39,40,41,42). The number of para-hydroxylation sites is 2. The fraction of sp³-hybridized carbons (Fsp3) is 0.514. The Morgan fingerprint density at radius 1 is 0.917 bits per heavy atom. The summed E-state index contributed by atoms with van der Waals surface area (Å²) < 4.78 is 41.1. The first-order valence-electron chi connectivity index (χ1n) is 16.6. The maximum absolute atomic E-state index is 14.3. The molecular weight excluding hydrogens is 618 g/mol. The van der Waals surface area contributed by atoms with E-state index in [1.807, 2.05) is 31.7 Å². The Labute approximate surface area is 279 Å². The average Bonchev–Trinajstić information content (AvgIpc) is 3.44. The number of rotatable bonds is 8. The Bertz CT molecular complexity index is 1740. The normalized spacial score (nSPS) is 16.5. The fourth-order valence-corrected chi connectivity index (χ4v) is 6.43. The quantitative estimate of drug-likeness (QED) is 0.225. The van der Waals surface area contributed by atoms with Gasteiger partial charge in [0.25, 0.3) is 6.43 Å². The van der Waals surface area contributed by atoms with Crippen molar-refractivity contribution in [3.8, 4) is 5.95 Å². The van der Waals surface area contributed by atoms with Crippen molar-refractivity contribution in [2.24, 2.45) is 0 Å². The molecule has 2 aromatic heterocycles. The molecule has 2 saturated heterocycles. The smallest absolute Gasteiger partial charge is 0.410 e. The highest BCUT2D eigenvalue weighted by atomic mass is 19.3. The Morgan fingerprint density at radius 3 is 2.29 bits per heavy atom. The topological polar surface area (TPSA) is 111 Å². The van der Waals surface area contributed by atoms with E-state index < -0.39 is 23.4 Å². The summed E-state index contributed by atoms with van der Waals surface area (Å²) in [4.78, 5) is 34.8. The van der Waals surface area contributed by atoms with Gasteiger partial charge in [-0.1, -0.05) is 36.4 Å². The number of anilines is 2. The van der Waals surface area contributed by atoms with E-state index in [0.29, 0.717) is 68.7 Å². The minimum atomic E-state index is -2.83. The number of hydrogen-bond donors (Lipinski definition) is 1. The van der Waals surface area contributed by atoms with E-state index in [1.165, 1.54) is 15.7 Å². The molecule has 2 aliphatic rings. The highest BCUT2D eigenvalue weighted by Gasteiger charge is 2.31. The summed E-state index contributed by atoms with van der Waals surface area (Å²) >= 11 is 0. The first-order chi connectivity index (χ1) is 22.9. The van der Waals surface area contributed by atoms with Crippen molar-refractivity contribution >= 4 is 29.0 Å². The van der Waals surface area contributed by atoms with E-state index in [2.05, 4.69) is 47.3 Å². The molecule has 0 spiro atoms. The lowest BCUT2D eigenvalue weighted by atomic mass is 9.83. The van der Waals surface area contributed by atoms with E-state index in [4.69, 9.17) is 19.4 Å². The number of alkyl halides is 2. The molecule has 2 aromatic carbocycles. The number of hydrogen-bond acceptors (Lipinski definition) is 9. The van der Waals surface area contributed by atoms with Crippen LogP contribution in [0.15, 0.2) is 48.5 Å². The van der Waals surface area contributed by atoms with Gasteiger partial charge in [0, 0.05) is 31.7 Å². The number of nitrogens with one attached hydrogen (secondary N) is 1. The maximum atomic E-state index is 14.3. The van der Waals surface area contributed by atoms with Crippen LogP contribution < -0.4 is 10.2 Å². The number of nitrogens with zero attached hydrogens (tertiary/aromatic N) is 7. The molecule has 0 radical (unpaired) electrons. The molecule has 0 atom stereocenters. The lowest BCUT2D eigenvalue weighted by Crippen LogP contribution is -2.41. The second-order valence-corrected chi connectivity index (χ2v) is 14.1. The third-order valence-electron chi connectivity index (χ3n) is 8.61. The molecule has 4 aromatic rings. The summed E-state index contributed by atoms with van der Waals surface area (Å²) in [6, 6.07) is 15.4. The molecule has 256 valence electrons. The van der Waals surface area contributed by atoms with E-state index in [1.54, 1.807) is 29.2 Å². The largest absolute Gasteiger partial charge is 0.444 e. The van der Waals surface area contributed by atoms with Crippen LogP contribution in [-0.4, -0.2) is 86.0 Å². The van der Waals surface area contributed by atoms with Crippen molar-refractivity contribution in [1.82, 2.24) is 29.4 Å². The van der Waals surface area contributed by atoms with Crippen LogP contribution in [0.1, 0.15) is 76.8 Å². The van der Waals surface area contributed by atoms with Gasteiger partial charge in [0.1, 0.15) is 5.60 Å². The third kappa shape index (κ3) is 7.67. The van der Waals surface area contributed by atoms with Crippen molar-refractivity contribution in [1.29, 1.82) is 0 Å². The van der Waals surface area contributed by atoms with Crippen molar-refractivity contribution in [2.45, 2.75) is 77.4 Å². The zero-order valence-electron chi connectivity index (χ0n) is 28.2. The number of morpholine rings is 1. The SMILES string of the molecule is CC(C)(Cc1ccccc1C1CCN(C(=O)OC(C)(C)C)CC1)Nc1nc(N2CCOCC2)nc(-n2c(C(F)F)nc3ccccc32)n1. The monoisotopic (exact) mass is 662 g/mol. The minimum Gasteiger partial charge on any atom is -0.444 e. The number of benzene rings is 2. The Morgan fingerprint density at radius 2 is 1.58 bits per heavy atom. The molecule has 0 unspecified atom stereocenters. The van der Waals surface area contributed by atoms with Gasteiger partial charge in [-0.3, -0.25) is 4.57 Å². The van der Waals surface area contributed by atoms with Gasteiger partial charge in [0.2, 0.25) is 17.8 Å². The molecule has 6 rings (SSSR count). The highest BCUT2D eigenvalue weighted by molar-refractivity contribution is 5.77. The predicted octanol–water partition coefficient (Wildman–Crippen LogP) is 6.53. The molecule has 4 heterocycles. The number of piperidine rings is 1. The predicted molar refractivity (Wildman–Crippen MR) is 180 cm³/mol. The fourth-order valence-electron chi connectivity index (χ4n) is 6.43. The van der Waals surface area contributed by atoms with Crippen LogP contribution in [0.2, 0.25) is 0 Å². The van der Waals surface area contributed by atoms with E-state index in [-0.39, 0.29) is 18.0 Å². The zero-order chi connectivity index (χ0) is 34.1. The molecule has 0 saturated carbocycles. The average molecular weight is 663 g/mol. The molecule has 2 aliphatic heterocycles. The van der Waals surface area contributed by atoms with Gasteiger partial charge in [-0.05, 0) is 83.1 Å². The maximum Gasteiger partial charge on any atom is 0.410 e. The molecule has 0 aliphatic carbocycles. The Hall–Kier alpha value is -4.39. The molecule has 48 heavy (non-hydrogen) atoms. The lowest BCUT2D eigenvalue weighted by Gasteiger charge is -2.35. The summed E-state index contributed by atoms with van der Waals surface area (Å²) in [5.74, 6) is 0.622. The van der Waals surface area contributed by atoms with Gasteiger partial charge in [0.05, 0.1) is 24.2 Å². The van der Waals surface area contributed by atoms with Crippen molar-refractivity contribution in [3.05, 3.63) is 65.5 Å².